The van der Waals surface area contributed by atoms with Crippen molar-refractivity contribution in [3.8, 4) is 0 Å². The smallest absolute Gasteiger partial charge is 0.306 e. The van der Waals surface area contributed by atoms with Gasteiger partial charge in [0.2, 0.25) is 0 Å². The van der Waals surface area contributed by atoms with Crippen LogP contribution >= 0.6 is 0 Å². The molecule has 0 aromatic rings. The maximum atomic E-state index is 12.8. The highest BCUT2D eigenvalue weighted by molar-refractivity contribution is 5.71. The van der Waals surface area contributed by atoms with Crippen molar-refractivity contribution in [3.05, 3.63) is 0 Å². The summed E-state index contributed by atoms with van der Waals surface area (Å²) in [4.78, 5) is 38.0. The molecule has 368 valence electrons. The maximum Gasteiger partial charge on any atom is 0.306 e. The first-order valence-corrected chi connectivity index (χ1v) is 27.7. The number of hydrogen-bond acceptors (Lipinski definition) is 6. The molecule has 0 aliphatic heterocycles. The third kappa shape index (κ3) is 46.4. The molecule has 0 aromatic carbocycles. The van der Waals surface area contributed by atoms with Crippen LogP contribution in [0.3, 0.4) is 0 Å². The first-order chi connectivity index (χ1) is 30.2. The van der Waals surface area contributed by atoms with Gasteiger partial charge >= 0.3 is 17.9 Å². The second-order valence-electron chi connectivity index (χ2n) is 20.2. The molecule has 0 saturated heterocycles. The molecule has 0 radical (unpaired) electrons. The van der Waals surface area contributed by atoms with Gasteiger partial charge in [-0.25, -0.2) is 0 Å². The Balaban J connectivity index is 4.18. The van der Waals surface area contributed by atoms with Crippen LogP contribution in [0.5, 0.6) is 0 Å². The van der Waals surface area contributed by atoms with Gasteiger partial charge in [0.25, 0.3) is 0 Å². The molecule has 0 aliphatic carbocycles. The SMILES string of the molecule is CCC(C)CCCCCCCCCCCCCCCCCCCCC(=O)OC[C@@H](COC(=O)CCCCCCCCCCC(C)CC)OC(=O)CCCCCCCCCC(C)C. The molecule has 2 unspecified atom stereocenters. The van der Waals surface area contributed by atoms with Gasteiger partial charge in [0.1, 0.15) is 13.2 Å². The Labute approximate surface area is 387 Å². The zero-order valence-electron chi connectivity index (χ0n) is 42.7. The summed E-state index contributed by atoms with van der Waals surface area (Å²) in [6.07, 6.45) is 48.1. The second-order valence-corrected chi connectivity index (χ2v) is 20.2. The Morgan fingerprint density at radius 3 is 0.839 bits per heavy atom. The minimum Gasteiger partial charge on any atom is -0.462 e. The van der Waals surface area contributed by atoms with Crippen molar-refractivity contribution in [2.24, 2.45) is 17.8 Å². The highest BCUT2D eigenvalue weighted by Gasteiger charge is 2.19. The molecular weight excluding hydrogens is 769 g/mol. The number of carbonyl (C=O) groups is 3. The lowest BCUT2D eigenvalue weighted by Gasteiger charge is -2.18. The zero-order chi connectivity index (χ0) is 45.6. The Bertz CT molecular complexity index is 964. The Morgan fingerprint density at radius 2 is 0.565 bits per heavy atom. The van der Waals surface area contributed by atoms with E-state index in [1.807, 2.05) is 0 Å². The first-order valence-electron chi connectivity index (χ1n) is 27.7. The Hall–Kier alpha value is -1.59. The summed E-state index contributed by atoms with van der Waals surface area (Å²) >= 11 is 0. The molecule has 0 amide bonds. The van der Waals surface area contributed by atoms with Gasteiger partial charge in [-0.15, -0.1) is 0 Å². The van der Waals surface area contributed by atoms with Gasteiger partial charge in [0.15, 0.2) is 6.10 Å². The maximum absolute atomic E-state index is 12.8. The lowest BCUT2D eigenvalue weighted by molar-refractivity contribution is -0.167. The number of ether oxygens (including phenoxy) is 3. The van der Waals surface area contributed by atoms with Crippen molar-refractivity contribution in [1.29, 1.82) is 0 Å². The normalized spacial score (nSPS) is 13.0. The average Bonchev–Trinajstić information content (AvgIpc) is 3.26. The van der Waals surface area contributed by atoms with Crippen LogP contribution in [0.1, 0.15) is 305 Å². The summed E-state index contributed by atoms with van der Waals surface area (Å²) in [5, 5.41) is 0. The highest BCUT2D eigenvalue weighted by Crippen LogP contribution is 2.19. The summed E-state index contributed by atoms with van der Waals surface area (Å²) in [5.74, 6) is 1.68. The second kappa shape index (κ2) is 47.4. The number of unbranched alkanes of at least 4 members (excludes halogenated alkanes) is 30. The molecule has 0 aromatic heterocycles. The molecule has 0 aliphatic rings. The lowest BCUT2D eigenvalue weighted by atomic mass is 9.99. The van der Waals surface area contributed by atoms with E-state index >= 15 is 0 Å². The Kier molecular flexibility index (Phi) is 46.2. The van der Waals surface area contributed by atoms with E-state index in [0.717, 1.165) is 75.5 Å². The summed E-state index contributed by atoms with van der Waals surface area (Å²) in [6.45, 7) is 13.7. The lowest BCUT2D eigenvalue weighted by Crippen LogP contribution is -2.30. The van der Waals surface area contributed by atoms with Crippen LogP contribution in [0.25, 0.3) is 0 Å². The van der Waals surface area contributed by atoms with Gasteiger partial charge < -0.3 is 14.2 Å². The average molecular weight is 877 g/mol. The molecule has 0 spiro atoms. The molecule has 6 nitrogen and oxygen atoms in total. The summed E-state index contributed by atoms with van der Waals surface area (Å²) < 4.78 is 16.8. The zero-order valence-corrected chi connectivity index (χ0v) is 42.7. The highest BCUT2D eigenvalue weighted by atomic mass is 16.6. The van der Waals surface area contributed by atoms with Gasteiger partial charge in [0.05, 0.1) is 0 Å². The van der Waals surface area contributed by atoms with Crippen molar-refractivity contribution >= 4 is 17.9 Å². The quantitative estimate of drug-likeness (QED) is 0.0344. The van der Waals surface area contributed by atoms with Crippen LogP contribution in [-0.2, 0) is 28.6 Å². The van der Waals surface area contributed by atoms with E-state index in [9.17, 15) is 14.4 Å². The fourth-order valence-corrected chi connectivity index (χ4v) is 8.40. The van der Waals surface area contributed by atoms with Crippen molar-refractivity contribution < 1.29 is 28.6 Å². The van der Waals surface area contributed by atoms with Crippen molar-refractivity contribution in [2.45, 2.75) is 311 Å². The van der Waals surface area contributed by atoms with Gasteiger partial charge in [-0.1, -0.05) is 266 Å². The molecule has 6 heteroatoms. The van der Waals surface area contributed by atoms with Crippen LogP contribution < -0.4 is 0 Å². The molecular formula is C56H108O6. The van der Waals surface area contributed by atoms with Crippen LogP contribution in [-0.4, -0.2) is 37.2 Å². The molecule has 3 atom stereocenters. The topological polar surface area (TPSA) is 78.9 Å². The van der Waals surface area contributed by atoms with E-state index in [-0.39, 0.29) is 31.1 Å². The Morgan fingerprint density at radius 1 is 0.323 bits per heavy atom. The van der Waals surface area contributed by atoms with Gasteiger partial charge in [-0.05, 0) is 37.0 Å². The van der Waals surface area contributed by atoms with Crippen LogP contribution in [0.2, 0.25) is 0 Å². The van der Waals surface area contributed by atoms with Gasteiger partial charge in [0, 0.05) is 19.3 Å². The van der Waals surface area contributed by atoms with E-state index in [1.54, 1.807) is 0 Å². The number of hydrogen-bond donors (Lipinski definition) is 0. The molecule has 0 N–H and O–H groups in total. The summed E-state index contributed by atoms with van der Waals surface area (Å²) in [7, 11) is 0. The number of rotatable bonds is 49. The van der Waals surface area contributed by atoms with E-state index < -0.39 is 6.10 Å². The fraction of sp³-hybridized carbons (Fsp3) is 0.946. The predicted molar refractivity (Wildman–Crippen MR) is 266 cm³/mol. The monoisotopic (exact) mass is 877 g/mol. The third-order valence-electron chi connectivity index (χ3n) is 13.4. The van der Waals surface area contributed by atoms with Gasteiger partial charge in [-0.2, -0.15) is 0 Å². The molecule has 0 bridgehead atoms. The van der Waals surface area contributed by atoms with Crippen molar-refractivity contribution in [2.75, 3.05) is 13.2 Å². The van der Waals surface area contributed by atoms with E-state index in [1.165, 1.54) is 186 Å². The largest absolute Gasteiger partial charge is 0.462 e. The van der Waals surface area contributed by atoms with Crippen molar-refractivity contribution in [1.82, 2.24) is 0 Å². The van der Waals surface area contributed by atoms with E-state index in [0.29, 0.717) is 19.3 Å². The molecule has 62 heavy (non-hydrogen) atoms. The molecule has 0 rings (SSSR count). The van der Waals surface area contributed by atoms with Gasteiger partial charge in [-0.3, -0.25) is 14.4 Å². The predicted octanol–water partition coefficient (Wildman–Crippen LogP) is 17.9. The number of esters is 3. The van der Waals surface area contributed by atoms with Crippen molar-refractivity contribution in [3.63, 3.8) is 0 Å². The summed E-state index contributed by atoms with van der Waals surface area (Å²) in [6, 6.07) is 0. The standard InChI is InChI=1S/C56H108O6/c1-7-51(5)43-37-31-25-19-17-15-13-11-9-10-12-14-16-18-20-27-33-39-45-54(57)60-48-53(62-56(59)47-41-35-29-23-24-30-36-42-50(3)4)49-61-55(58)46-40-34-28-22-21-26-32-38-44-52(6)8-2/h50-53H,7-49H2,1-6H3/t51?,52?,53-/m0/s1. The molecule has 0 saturated carbocycles. The van der Waals surface area contributed by atoms with E-state index in [4.69, 9.17) is 14.2 Å². The minimum absolute atomic E-state index is 0.0652. The van der Waals surface area contributed by atoms with Crippen LogP contribution in [0.4, 0.5) is 0 Å². The fourth-order valence-electron chi connectivity index (χ4n) is 8.40. The summed E-state index contributed by atoms with van der Waals surface area (Å²) in [5.41, 5.74) is 0. The van der Waals surface area contributed by atoms with Crippen LogP contribution in [0.15, 0.2) is 0 Å². The molecule has 0 heterocycles. The van der Waals surface area contributed by atoms with E-state index in [2.05, 4.69) is 41.5 Å². The molecule has 0 fully saturated rings. The first kappa shape index (κ1) is 60.4. The minimum atomic E-state index is -0.763. The van der Waals surface area contributed by atoms with Crippen LogP contribution in [0, 0.1) is 17.8 Å². The number of carbonyl (C=O) groups excluding carboxylic acids is 3. The third-order valence-corrected chi connectivity index (χ3v) is 13.4.